The lowest BCUT2D eigenvalue weighted by Gasteiger charge is -2.50. The van der Waals surface area contributed by atoms with Gasteiger partial charge < -0.3 is 48.2 Å². The number of likely N-dealkylation sites (tertiary alicyclic amines) is 1. The Balaban J connectivity index is 0.973. The van der Waals surface area contributed by atoms with E-state index in [9.17, 15) is 28.8 Å². The number of hydrogen-bond acceptors (Lipinski definition) is 17. The minimum atomic E-state index is -1.71. The van der Waals surface area contributed by atoms with Crippen LogP contribution in [-0.4, -0.2) is 134 Å². The lowest BCUT2D eigenvalue weighted by molar-refractivity contribution is -0.911. The van der Waals surface area contributed by atoms with E-state index in [0.717, 1.165) is 42.8 Å². The Morgan fingerprint density at radius 1 is 0.839 bits per heavy atom. The molecule has 6 aromatic rings. The number of carbonyl (C=O) groups is 6. The predicted molar refractivity (Wildman–Crippen MR) is 330 cm³/mol. The van der Waals surface area contributed by atoms with E-state index in [1.807, 2.05) is 92.0 Å². The number of nitrogens with zero attached hydrogens (tertiary/aromatic N) is 5. The average Bonchev–Trinajstić information content (AvgIpc) is 1.29. The van der Waals surface area contributed by atoms with Crippen LogP contribution in [0.5, 0.6) is 11.5 Å². The average molecular weight is 1230 g/mol. The molecule has 3 aliphatic rings. The molecule has 87 heavy (non-hydrogen) atoms. The Kier molecular flexibility index (Phi) is 19.0. The van der Waals surface area contributed by atoms with Crippen molar-refractivity contribution in [2.75, 3.05) is 50.9 Å². The first kappa shape index (κ1) is 63.0. The topological polar surface area (TPSA) is 244 Å². The summed E-state index contributed by atoms with van der Waals surface area (Å²) in [7, 11) is 3.40. The number of β-lactam (4-membered cyclic amide) rings is 1. The van der Waals surface area contributed by atoms with Gasteiger partial charge in [0.05, 0.1) is 50.4 Å². The highest BCUT2D eigenvalue weighted by Crippen LogP contribution is 2.43. The van der Waals surface area contributed by atoms with Crippen molar-refractivity contribution in [2.45, 2.75) is 109 Å². The Morgan fingerprint density at radius 3 is 2.13 bits per heavy atom. The summed E-state index contributed by atoms with van der Waals surface area (Å²) >= 11 is 2.34. The van der Waals surface area contributed by atoms with Crippen LogP contribution in [0.25, 0.3) is 10.9 Å². The molecule has 2 atom stereocenters. The van der Waals surface area contributed by atoms with E-state index in [4.69, 9.17) is 28.5 Å². The number of ether oxygens (including phenoxy) is 5. The normalized spacial score (nSPS) is 16.8. The number of hydrogen-bond donors (Lipinski definition) is 3. The molecule has 23 heteroatoms. The van der Waals surface area contributed by atoms with Crippen LogP contribution >= 0.6 is 23.1 Å². The highest BCUT2D eigenvalue weighted by atomic mass is 32.2. The lowest BCUT2D eigenvalue weighted by Crippen LogP contribution is -2.71. The van der Waals surface area contributed by atoms with Crippen LogP contribution in [0.15, 0.2) is 136 Å². The number of amides is 4. The third-order valence-electron chi connectivity index (χ3n) is 14.7. The number of anilines is 1. The fourth-order valence-corrected chi connectivity index (χ4v) is 12.4. The van der Waals surface area contributed by atoms with Gasteiger partial charge in [-0.05, 0) is 102 Å². The van der Waals surface area contributed by atoms with E-state index < -0.39 is 69.9 Å². The van der Waals surface area contributed by atoms with E-state index in [2.05, 4.69) is 26.1 Å². The monoisotopic (exact) mass is 1230 g/mol. The van der Waals surface area contributed by atoms with Gasteiger partial charge in [-0.25, -0.2) is 19.4 Å². The molecule has 0 saturated carbocycles. The van der Waals surface area contributed by atoms with Crippen molar-refractivity contribution >= 4 is 80.6 Å². The van der Waals surface area contributed by atoms with E-state index >= 15 is 4.79 Å². The summed E-state index contributed by atoms with van der Waals surface area (Å²) in [6.45, 7) is 15.7. The summed E-state index contributed by atoms with van der Waals surface area (Å²) in [5, 5.41) is 13.7. The third-order valence-corrected chi connectivity index (χ3v) is 16.8. The number of thiazole rings is 1. The number of oxime groups is 1. The second-order valence-electron chi connectivity index (χ2n) is 24.1. The van der Waals surface area contributed by atoms with Crippen LogP contribution < -0.4 is 30.9 Å². The number of rotatable bonds is 21. The molecule has 458 valence electrons. The minimum absolute atomic E-state index is 0.0529. The maximum atomic E-state index is 15.2. The summed E-state index contributed by atoms with van der Waals surface area (Å²) in [5.74, 6) is -2.25. The molecule has 2 aromatic heterocycles. The predicted octanol–water partition coefficient (Wildman–Crippen LogP) is 8.80. The van der Waals surface area contributed by atoms with Gasteiger partial charge in [-0.1, -0.05) is 78.0 Å². The summed E-state index contributed by atoms with van der Waals surface area (Å²) in [6, 6.07) is 29.8. The standard InChI is InChI=1S/C64H72N8O13S2/c1-62(2,3)83-59(78)64(7,8)85-69-49(46-38-87-60(66-46)68-61(79)84-63(4,5)6)55(75)67-50-56(76)71-51(58(77)82-53(40-19-13-11-14-20-40)41-21-15-12-16-22-41)43(37-86-57(50)71)35-72(30-17-18-31-72)32-29-65-54(74)42-25-28-47-45(33-42)52(73)48(34-70(47)9)81-36-39-23-26-44(80-10)27-24-39/h11-16,19-28,33-34,38,50,53,57H,17-18,29-32,35-37H2,1-10H3,(H2-,65,66,67,68,74,75,79)/p+1/b69-49-/t50?,57-/m1/s1. The fraction of sp³-hybridized carbons (Fsp3) is 0.391. The SMILES string of the molecule is COc1ccc(COc2cn(C)c3ccc(C(=O)NCC[N+]4(CC5=C(C(=O)OC(c6ccccc6)c6ccccc6)N6C(=O)C(NC(=O)/C(=N\OC(C)(C)C(=O)OC(C)(C)C)c7csc(NC(=O)OC(C)(C)C)n7)[C@H]6SC5)CCCC4)cc3c2=O)cc1. The minimum Gasteiger partial charge on any atom is -0.497 e. The van der Waals surface area contributed by atoms with Gasteiger partial charge >= 0.3 is 18.0 Å². The van der Waals surface area contributed by atoms with Crippen molar-refractivity contribution < 1.29 is 61.8 Å². The van der Waals surface area contributed by atoms with Crippen molar-refractivity contribution in [2.24, 2.45) is 12.2 Å². The van der Waals surface area contributed by atoms with Gasteiger partial charge in [0.25, 0.3) is 17.7 Å². The first-order chi connectivity index (χ1) is 41.3. The molecule has 0 radical (unpaired) electrons. The molecule has 21 nitrogen and oxygen atoms in total. The number of thioether (sulfide) groups is 1. The highest BCUT2D eigenvalue weighted by Gasteiger charge is 2.56. The Labute approximate surface area is 512 Å². The lowest BCUT2D eigenvalue weighted by atomic mass is 10.00. The second-order valence-corrected chi connectivity index (χ2v) is 26.0. The summed E-state index contributed by atoms with van der Waals surface area (Å²) < 4.78 is 31.0. The summed E-state index contributed by atoms with van der Waals surface area (Å²) in [4.78, 5) is 110. The largest absolute Gasteiger partial charge is 0.497 e. The molecule has 0 aliphatic carbocycles. The molecule has 5 heterocycles. The van der Waals surface area contributed by atoms with Crippen molar-refractivity contribution in [3.63, 3.8) is 0 Å². The zero-order valence-electron chi connectivity index (χ0n) is 50.4. The zero-order valence-corrected chi connectivity index (χ0v) is 52.1. The van der Waals surface area contributed by atoms with Crippen LogP contribution in [0.1, 0.15) is 107 Å². The molecular formula is C64H73N8O13S2+. The molecule has 9 rings (SSSR count). The molecule has 0 spiro atoms. The van der Waals surface area contributed by atoms with Crippen molar-refractivity contribution in [1.82, 2.24) is 25.1 Å². The number of aryl methyl sites for hydroxylation is 1. The maximum absolute atomic E-state index is 15.2. The van der Waals surface area contributed by atoms with Gasteiger partial charge in [0.1, 0.15) is 52.9 Å². The second kappa shape index (κ2) is 26.2. The number of aromatic nitrogens is 2. The van der Waals surface area contributed by atoms with E-state index in [1.54, 1.807) is 77.6 Å². The highest BCUT2D eigenvalue weighted by molar-refractivity contribution is 8.00. The molecule has 3 N–H and O–H groups in total. The van der Waals surface area contributed by atoms with Gasteiger partial charge in [-0.2, -0.15) is 0 Å². The smallest absolute Gasteiger partial charge is 0.413 e. The summed E-state index contributed by atoms with van der Waals surface area (Å²) in [6.07, 6.45) is 1.76. The molecule has 1 unspecified atom stereocenters. The number of pyridine rings is 1. The number of quaternary nitrogens is 1. The number of nitrogens with one attached hydrogen (secondary N) is 3. The molecule has 2 fully saturated rings. The Bertz CT molecular complexity index is 3640. The molecular weight excluding hydrogens is 1150 g/mol. The van der Waals surface area contributed by atoms with Crippen LogP contribution in [0.2, 0.25) is 0 Å². The molecule has 4 aromatic carbocycles. The number of esters is 2. The number of benzene rings is 4. The van der Waals surface area contributed by atoms with Gasteiger partial charge in [0, 0.05) is 42.2 Å². The maximum Gasteiger partial charge on any atom is 0.413 e. The van der Waals surface area contributed by atoms with Crippen LogP contribution in [0, 0.1) is 0 Å². The number of fused-ring (bicyclic) bond motifs is 2. The van der Waals surface area contributed by atoms with Gasteiger partial charge in [0.2, 0.25) is 11.0 Å². The summed E-state index contributed by atoms with van der Waals surface area (Å²) in [5.41, 5.74) is -0.300. The van der Waals surface area contributed by atoms with Crippen molar-refractivity contribution in [3.8, 4) is 11.5 Å². The molecule has 0 bridgehead atoms. The number of carbonyl (C=O) groups excluding carboxylic acids is 6. The van der Waals surface area contributed by atoms with E-state index in [-0.39, 0.29) is 52.5 Å². The van der Waals surface area contributed by atoms with Crippen LogP contribution in [0.4, 0.5) is 9.93 Å². The number of methoxy groups -OCH3 is 1. The van der Waals surface area contributed by atoms with Gasteiger partial charge in [0.15, 0.2) is 22.7 Å². The van der Waals surface area contributed by atoms with E-state index in [1.165, 1.54) is 35.9 Å². The first-order valence-corrected chi connectivity index (χ1v) is 30.5. The molecule has 2 saturated heterocycles. The first-order valence-electron chi connectivity index (χ1n) is 28.6. The van der Waals surface area contributed by atoms with Gasteiger partial charge in [-0.15, -0.1) is 23.1 Å². The Morgan fingerprint density at radius 2 is 1.49 bits per heavy atom. The van der Waals surface area contributed by atoms with Crippen LogP contribution in [0.3, 0.4) is 0 Å². The zero-order chi connectivity index (χ0) is 62.4. The third kappa shape index (κ3) is 15.2. The van der Waals surface area contributed by atoms with Crippen molar-refractivity contribution in [1.29, 1.82) is 0 Å². The quantitative estimate of drug-likeness (QED) is 0.0152. The fourth-order valence-electron chi connectivity index (χ4n) is 10.4. The molecule has 4 amide bonds. The van der Waals surface area contributed by atoms with Crippen molar-refractivity contribution in [3.05, 3.63) is 164 Å². The Hall–Kier alpha value is -8.54. The van der Waals surface area contributed by atoms with Gasteiger partial charge in [-0.3, -0.25) is 29.4 Å². The van der Waals surface area contributed by atoms with E-state index in [0.29, 0.717) is 56.5 Å². The molecule has 3 aliphatic heterocycles. The van der Waals surface area contributed by atoms with Crippen LogP contribution in [-0.2, 0) is 51.9 Å².